The molecule has 0 unspecified atom stereocenters. The Bertz CT molecular complexity index is 569. The number of nitrogens with zero attached hydrogens (tertiary/aromatic N) is 2. The minimum absolute atomic E-state index is 0.482. The predicted octanol–water partition coefficient (Wildman–Crippen LogP) is 3.14. The molecule has 1 heterocycles. The van der Waals surface area contributed by atoms with Gasteiger partial charge in [0.05, 0.1) is 0 Å². The number of halogens is 1. The van der Waals surface area contributed by atoms with Gasteiger partial charge in [-0.2, -0.15) is 0 Å². The van der Waals surface area contributed by atoms with Crippen LogP contribution >= 0.6 is 11.6 Å². The van der Waals surface area contributed by atoms with Gasteiger partial charge in [-0.25, -0.2) is 0 Å². The quantitative estimate of drug-likeness (QED) is 0.932. The van der Waals surface area contributed by atoms with Gasteiger partial charge in [-0.1, -0.05) is 29.8 Å². The molecule has 0 aliphatic heterocycles. The van der Waals surface area contributed by atoms with Crippen LogP contribution in [0.5, 0.6) is 0 Å². The molecule has 0 aliphatic carbocycles. The normalized spacial score (nSPS) is 10.5. The van der Waals surface area contributed by atoms with Gasteiger partial charge in [0.15, 0.2) is 0 Å². The Morgan fingerprint density at radius 2 is 2.00 bits per heavy atom. The summed E-state index contributed by atoms with van der Waals surface area (Å²) in [6, 6.07) is 9.94. The summed E-state index contributed by atoms with van der Waals surface area (Å²) in [6.07, 6.45) is 1.84. The molecule has 0 spiro atoms. The molecule has 0 atom stereocenters. The van der Waals surface area contributed by atoms with Gasteiger partial charge in [0.25, 0.3) is 0 Å². The number of benzene rings is 1. The number of aromatic nitrogens is 1. The number of hydrogen-bond acceptors (Lipinski definition) is 3. The standard InChI is InChI=1S/C15H18ClN3/c1-11-7-15(13(8-17)9-18-11)19(2)10-12-5-3-4-6-14(12)16/h3-7,9H,8,10,17H2,1-2H3. The Balaban J connectivity index is 2.27. The molecule has 2 N–H and O–H groups in total. The summed E-state index contributed by atoms with van der Waals surface area (Å²) in [5.41, 5.74) is 10.0. The lowest BCUT2D eigenvalue weighted by Crippen LogP contribution is -2.19. The second-order valence-electron chi connectivity index (χ2n) is 4.61. The third-order valence-electron chi connectivity index (χ3n) is 3.10. The van der Waals surface area contributed by atoms with Crippen LogP contribution in [0.4, 0.5) is 5.69 Å². The van der Waals surface area contributed by atoms with Gasteiger partial charge in [-0.15, -0.1) is 0 Å². The zero-order chi connectivity index (χ0) is 13.8. The van der Waals surface area contributed by atoms with Gasteiger partial charge in [-0.3, -0.25) is 4.98 Å². The average molecular weight is 276 g/mol. The van der Waals surface area contributed by atoms with E-state index in [0.717, 1.165) is 34.1 Å². The van der Waals surface area contributed by atoms with Gasteiger partial charge in [-0.05, 0) is 24.6 Å². The van der Waals surface area contributed by atoms with Crippen molar-refractivity contribution in [2.24, 2.45) is 5.73 Å². The van der Waals surface area contributed by atoms with E-state index >= 15 is 0 Å². The predicted molar refractivity (Wildman–Crippen MR) is 80.4 cm³/mol. The second kappa shape index (κ2) is 6.04. The topological polar surface area (TPSA) is 42.1 Å². The van der Waals surface area contributed by atoms with Crippen molar-refractivity contribution in [1.29, 1.82) is 0 Å². The molecule has 0 radical (unpaired) electrons. The van der Waals surface area contributed by atoms with Crippen molar-refractivity contribution in [1.82, 2.24) is 4.98 Å². The lowest BCUT2D eigenvalue weighted by molar-refractivity contribution is 0.895. The number of pyridine rings is 1. The van der Waals surface area contributed by atoms with E-state index in [-0.39, 0.29) is 0 Å². The summed E-state index contributed by atoms with van der Waals surface area (Å²) >= 11 is 6.20. The van der Waals surface area contributed by atoms with Crippen LogP contribution in [0.1, 0.15) is 16.8 Å². The van der Waals surface area contributed by atoms with Crippen LogP contribution in [0.25, 0.3) is 0 Å². The lowest BCUT2D eigenvalue weighted by Gasteiger charge is -2.23. The molecule has 1 aromatic carbocycles. The lowest BCUT2D eigenvalue weighted by atomic mass is 10.1. The molecule has 0 fully saturated rings. The van der Waals surface area contributed by atoms with Crippen molar-refractivity contribution in [3.05, 3.63) is 58.4 Å². The highest BCUT2D eigenvalue weighted by molar-refractivity contribution is 6.31. The van der Waals surface area contributed by atoms with Crippen LogP contribution in [0.2, 0.25) is 5.02 Å². The van der Waals surface area contributed by atoms with E-state index in [2.05, 4.69) is 16.0 Å². The summed E-state index contributed by atoms with van der Waals surface area (Å²) < 4.78 is 0. The van der Waals surface area contributed by atoms with Crippen molar-refractivity contribution < 1.29 is 0 Å². The van der Waals surface area contributed by atoms with E-state index in [0.29, 0.717) is 6.54 Å². The van der Waals surface area contributed by atoms with Crippen molar-refractivity contribution in [2.75, 3.05) is 11.9 Å². The second-order valence-corrected chi connectivity index (χ2v) is 5.01. The molecule has 4 heteroatoms. The highest BCUT2D eigenvalue weighted by Crippen LogP contribution is 2.23. The molecular formula is C15H18ClN3. The van der Waals surface area contributed by atoms with Crippen molar-refractivity contribution in [3.63, 3.8) is 0 Å². The Morgan fingerprint density at radius 3 is 2.68 bits per heavy atom. The van der Waals surface area contributed by atoms with Crippen LogP contribution in [0, 0.1) is 6.92 Å². The fraction of sp³-hybridized carbons (Fsp3) is 0.267. The van der Waals surface area contributed by atoms with E-state index in [4.69, 9.17) is 17.3 Å². The molecule has 2 rings (SSSR count). The first-order chi connectivity index (χ1) is 9.11. The number of anilines is 1. The Kier molecular flexibility index (Phi) is 4.40. The first-order valence-corrected chi connectivity index (χ1v) is 6.59. The van der Waals surface area contributed by atoms with E-state index in [9.17, 15) is 0 Å². The maximum Gasteiger partial charge on any atom is 0.0455 e. The first-order valence-electron chi connectivity index (χ1n) is 6.22. The average Bonchev–Trinajstić information content (AvgIpc) is 2.41. The summed E-state index contributed by atoms with van der Waals surface area (Å²) in [5.74, 6) is 0. The van der Waals surface area contributed by atoms with Gasteiger partial charge < -0.3 is 10.6 Å². The molecule has 2 aromatic rings. The highest BCUT2D eigenvalue weighted by Gasteiger charge is 2.09. The van der Waals surface area contributed by atoms with Crippen LogP contribution in [-0.2, 0) is 13.1 Å². The summed E-state index contributed by atoms with van der Waals surface area (Å²) in [5, 5.41) is 0.787. The maximum atomic E-state index is 6.20. The largest absolute Gasteiger partial charge is 0.370 e. The van der Waals surface area contributed by atoms with E-state index in [1.54, 1.807) is 0 Å². The van der Waals surface area contributed by atoms with Gasteiger partial charge >= 0.3 is 0 Å². The fourth-order valence-electron chi connectivity index (χ4n) is 2.05. The number of nitrogens with two attached hydrogens (primary N) is 1. The molecule has 19 heavy (non-hydrogen) atoms. The number of hydrogen-bond donors (Lipinski definition) is 1. The van der Waals surface area contributed by atoms with Gasteiger partial charge in [0.2, 0.25) is 0 Å². The minimum atomic E-state index is 0.482. The molecule has 1 aromatic heterocycles. The smallest absolute Gasteiger partial charge is 0.0455 e. The fourth-order valence-corrected chi connectivity index (χ4v) is 2.25. The summed E-state index contributed by atoms with van der Waals surface area (Å²) in [7, 11) is 2.04. The van der Waals surface area contributed by atoms with E-state index in [1.807, 2.05) is 44.4 Å². The third kappa shape index (κ3) is 3.25. The van der Waals surface area contributed by atoms with Crippen molar-refractivity contribution in [3.8, 4) is 0 Å². The summed E-state index contributed by atoms with van der Waals surface area (Å²) in [6.45, 7) is 3.21. The first kappa shape index (κ1) is 13.8. The van der Waals surface area contributed by atoms with Crippen LogP contribution in [-0.4, -0.2) is 12.0 Å². The molecule has 0 amide bonds. The molecule has 0 aliphatic rings. The van der Waals surface area contributed by atoms with Gasteiger partial charge in [0.1, 0.15) is 0 Å². The molecule has 3 nitrogen and oxygen atoms in total. The van der Waals surface area contributed by atoms with Gasteiger partial charge in [0, 0.05) is 48.3 Å². The minimum Gasteiger partial charge on any atom is -0.370 e. The SMILES string of the molecule is Cc1cc(N(C)Cc2ccccc2Cl)c(CN)cn1. The highest BCUT2D eigenvalue weighted by atomic mass is 35.5. The number of aryl methyl sites for hydroxylation is 1. The van der Waals surface area contributed by atoms with E-state index in [1.165, 1.54) is 0 Å². The maximum absolute atomic E-state index is 6.20. The molecule has 0 saturated heterocycles. The number of rotatable bonds is 4. The molecular weight excluding hydrogens is 258 g/mol. The Morgan fingerprint density at radius 1 is 1.26 bits per heavy atom. The van der Waals surface area contributed by atoms with E-state index < -0.39 is 0 Å². The third-order valence-corrected chi connectivity index (χ3v) is 3.46. The monoisotopic (exact) mass is 275 g/mol. The molecule has 0 saturated carbocycles. The zero-order valence-electron chi connectivity index (χ0n) is 11.2. The molecule has 0 bridgehead atoms. The Labute approximate surface area is 119 Å². The van der Waals surface area contributed by atoms with Crippen molar-refractivity contribution in [2.45, 2.75) is 20.0 Å². The zero-order valence-corrected chi connectivity index (χ0v) is 12.0. The Hall–Kier alpha value is -1.58. The summed E-state index contributed by atoms with van der Waals surface area (Å²) in [4.78, 5) is 6.44. The van der Waals surface area contributed by atoms with Crippen LogP contribution < -0.4 is 10.6 Å². The van der Waals surface area contributed by atoms with Crippen LogP contribution in [0.15, 0.2) is 36.5 Å². The van der Waals surface area contributed by atoms with Crippen LogP contribution in [0.3, 0.4) is 0 Å². The molecule has 100 valence electrons. The van der Waals surface area contributed by atoms with Crippen molar-refractivity contribution >= 4 is 17.3 Å².